The van der Waals surface area contributed by atoms with Crippen LogP contribution in [0.1, 0.15) is 10.4 Å². The molecule has 0 aromatic heterocycles. The Morgan fingerprint density at radius 3 is 3.00 bits per heavy atom. The molecule has 1 rings (SSSR count). The van der Waals surface area contributed by atoms with Crippen molar-refractivity contribution in [3.8, 4) is 5.75 Å². The predicted molar refractivity (Wildman–Crippen MR) is 59.5 cm³/mol. The van der Waals surface area contributed by atoms with Crippen LogP contribution in [0.2, 0.25) is 5.02 Å². The Hall–Kier alpha value is -1.91. The maximum absolute atomic E-state index is 11.5. The minimum absolute atomic E-state index is 0.130. The van der Waals surface area contributed by atoms with Crippen molar-refractivity contribution in [2.24, 2.45) is 5.11 Å². The number of rotatable bonds is 4. The van der Waals surface area contributed by atoms with E-state index in [0.29, 0.717) is 5.02 Å². The number of phenolic OH excluding ortho intramolecular Hbond substituents is 1. The molecule has 84 valence electrons. The number of hydrogen-bond acceptors (Lipinski definition) is 3. The van der Waals surface area contributed by atoms with Gasteiger partial charge in [0.15, 0.2) is 0 Å². The van der Waals surface area contributed by atoms with Crippen molar-refractivity contribution in [2.75, 3.05) is 13.1 Å². The lowest BCUT2D eigenvalue weighted by Gasteiger charge is -2.05. The quantitative estimate of drug-likeness (QED) is 0.365. The van der Waals surface area contributed by atoms with Crippen molar-refractivity contribution in [3.05, 3.63) is 39.2 Å². The lowest BCUT2D eigenvalue weighted by molar-refractivity contribution is 0.0952. The van der Waals surface area contributed by atoms with E-state index < -0.39 is 5.91 Å². The zero-order chi connectivity index (χ0) is 12.0. The van der Waals surface area contributed by atoms with Crippen molar-refractivity contribution in [2.45, 2.75) is 0 Å². The molecule has 0 saturated carbocycles. The van der Waals surface area contributed by atoms with E-state index in [-0.39, 0.29) is 24.4 Å². The smallest absolute Gasteiger partial charge is 0.255 e. The molecule has 0 atom stereocenters. The van der Waals surface area contributed by atoms with Gasteiger partial charge in [-0.2, -0.15) is 0 Å². The second kappa shape index (κ2) is 5.85. The summed E-state index contributed by atoms with van der Waals surface area (Å²) >= 11 is 5.62. The molecule has 0 aliphatic heterocycles. The molecule has 2 N–H and O–H groups in total. The Labute approximate surface area is 96.5 Å². The van der Waals surface area contributed by atoms with E-state index in [9.17, 15) is 9.90 Å². The van der Waals surface area contributed by atoms with Gasteiger partial charge < -0.3 is 10.4 Å². The summed E-state index contributed by atoms with van der Waals surface area (Å²) < 4.78 is 0. The van der Waals surface area contributed by atoms with Gasteiger partial charge in [-0.1, -0.05) is 16.7 Å². The molecule has 7 heteroatoms. The lowest BCUT2D eigenvalue weighted by atomic mass is 10.2. The molecule has 1 amide bonds. The van der Waals surface area contributed by atoms with E-state index in [1.807, 2.05) is 0 Å². The van der Waals surface area contributed by atoms with Crippen LogP contribution in [-0.2, 0) is 0 Å². The summed E-state index contributed by atoms with van der Waals surface area (Å²) in [4.78, 5) is 14.0. The first kappa shape index (κ1) is 12.2. The monoisotopic (exact) mass is 240 g/mol. The second-order valence-electron chi connectivity index (χ2n) is 2.87. The van der Waals surface area contributed by atoms with E-state index in [2.05, 4.69) is 15.3 Å². The van der Waals surface area contributed by atoms with E-state index in [4.69, 9.17) is 17.1 Å². The van der Waals surface area contributed by atoms with Gasteiger partial charge in [-0.25, -0.2) is 0 Å². The Morgan fingerprint density at radius 1 is 1.62 bits per heavy atom. The molecule has 0 aliphatic rings. The highest BCUT2D eigenvalue weighted by Crippen LogP contribution is 2.21. The summed E-state index contributed by atoms with van der Waals surface area (Å²) in [6.07, 6.45) is 0. The fraction of sp³-hybridized carbons (Fsp3) is 0.222. The van der Waals surface area contributed by atoms with Crippen LogP contribution in [0.25, 0.3) is 10.4 Å². The average Bonchev–Trinajstić information content (AvgIpc) is 2.24. The highest BCUT2D eigenvalue weighted by Gasteiger charge is 2.10. The van der Waals surface area contributed by atoms with Crippen molar-refractivity contribution >= 4 is 17.5 Å². The van der Waals surface area contributed by atoms with E-state index >= 15 is 0 Å². The number of phenols is 1. The van der Waals surface area contributed by atoms with Crippen LogP contribution in [0.5, 0.6) is 5.75 Å². The Balaban J connectivity index is 2.62. The van der Waals surface area contributed by atoms with Crippen molar-refractivity contribution in [1.29, 1.82) is 0 Å². The first-order valence-electron chi connectivity index (χ1n) is 4.42. The van der Waals surface area contributed by atoms with Crippen LogP contribution in [0.15, 0.2) is 23.3 Å². The third-order valence-corrected chi connectivity index (χ3v) is 2.00. The summed E-state index contributed by atoms with van der Waals surface area (Å²) in [5, 5.41) is 15.5. The first-order chi connectivity index (χ1) is 7.65. The largest absolute Gasteiger partial charge is 0.507 e. The van der Waals surface area contributed by atoms with Crippen molar-refractivity contribution in [1.82, 2.24) is 5.32 Å². The van der Waals surface area contributed by atoms with E-state index in [0.717, 1.165) is 0 Å². The number of carbonyl (C=O) groups excluding carboxylic acids is 1. The van der Waals surface area contributed by atoms with Crippen LogP contribution in [0.3, 0.4) is 0 Å². The standard InChI is InChI=1S/C9H9ClN4O2/c10-6-1-2-7(8(15)5-6)9(16)12-3-4-13-14-11/h1-2,5,15H,3-4H2,(H,12,16). The molecule has 0 heterocycles. The number of azide groups is 1. The molecular formula is C9H9ClN4O2. The molecule has 0 aliphatic carbocycles. The fourth-order valence-electron chi connectivity index (χ4n) is 1.06. The average molecular weight is 241 g/mol. The minimum Gasteiger partial charge on any atom is -0.507 e. The fourth-order valence-corrected chi connectivity index (χ4v) is 1.22. The summed E-state index contributed by atoms with van der Waals surface area (Å²) in [5.74, 6) is -0.629. The highest BCUT2D eigenvalue weighted by atomic mass is 35.5. The number of nitrogens with zero attached hydrogens (tertiary/aromatic N) is 3. The molecule has 0 unspecified atom stereocenters. The van der Waals surface area contributed by atoms with Crippen LogP contribution < -0.4 is 5.32 Å². The number of aromatic hydroxyl groups is 1. The minimum atomic E-state index is -0.442. The molecule has 1 aromatic carbocycles. The van der Waals surface area contributed by atoms with Gasteiger partial charge in [0.2, 0.25) is 0 Å². The molecule has 0 radical (unpaired) electrons. The van der Waals surface area contributed by atoms with Gasteiger partial charge in [-0.15, -0.1) is 0 Å². The van der Waals surface area contributed by atoms with Gasteiger partial charge in [0.1, 0.15) is 5.75 Å². The summed E-state index contributed by atoms with van der Waals surface area (Å²) in [6.45, 7) is 0.377. The van der Waals surface area contributed by atoms with E-state index in [1.54, 1.807) is 0 Å². The molecule has 0 fully saturated rings. The molecule has 1 aromatic rings. The maximum atomic E-state index is 11.5. The summed E-state index contributed by atoms with van der Waals surface area (Å²) in [7, 11) is 0. The number of hydrogen-bond donors (Lipinski definition) is 2. The number of halogens is 1. The molecule has 0 spiro atoms. The third-order valence-electron chi connectivity index (χ3n) is 1.77. The second-order valence-corrected chi connectivity index (χ2v) is 3.31. The molecule has 6 nitrogen and oxygen atoms in total. The lowest BCUT2D eigenvalue weighted by Crippen LogP contribution is -2.25. The van der Waals surface area contributed by atoms with Crippen molar-refractivity contribution in [3.63, 3.8) is 0 Å². The molecular weight excluding hydrogens is 232 g/mol. The number of nitrogens with one attached hydrogen (secondary N) is 1. The van der Waals surface area contributed by atoms with Gasteiger partial charge in [-0.05, 0) is 23.7 Å². The SMILES string of the molecule is [N-]=[N+]=NCCNC(=O)c1ccc(Cl)cc1O. The zero-order valence-electron chi connectivity index (χ0n) is 8.22. The van der Waals surface area contributed by atoms with Crippen LogP contribution in [0.4, 0.5) is 0 Å². The molecule has 16 heavy (non-hydrogen) atoms. The maximum Gasteiger partial charge on any atom is 0.255 e. The van der Waals surface area contributed by atoms with Crippen LogP contribution in [-0.4, -0.2) is 24.1 Å². The van der Waals surface area contributed by atoms with Crippen LogP contribution in [0, 0.1) is 0 Å². The van der Waals surface area contributed by atoms with Crippen molar-refractivity contribution < 1.29 is 9.90 Å². The van der Waals surface area contributed by atoms with Gasteiger partial charge >= 0.3 is 0 Å². The molecule has 0 saturated heterocycles. The normalized spacial score (nSPS) is 9.31. The Kier molecular flexibility index (Phi) is 4.44. The first-order valence-corrected chi connectivity index (χ1v) is 4.80. The number of carbonyl (C=O) groups is 1. The summed E-state index contributed by atoms with van der Waals surface area (Å²) in [6, 6.07) is 4.20. The van der Waals surface area contributed by atoms with Gasteiger partial charge in [0, 0.05) is 23.0 Å². The van der Waals surface area contributed by atoms with Gasteiger partial charge in [0.25, 0.3) is 5.91 Å². The number of benzene rings is 1. The highest BCUT2D eigenvalue weighted by molar-refractivity contribution is 6.30. The van der Waals surface area contributed by atoms with Gasteiger partial charge in [0.05, 0.1) is 5.56 Å². The topological polar surface area (TPSA) is 98.1 Å². The zero-order valence-corrected chi connectivity index (χ0v) is 8.98. The molecule has 0 bridgehead atoms. The predicted octanol–water partition coefficient (Wildman–Crippen LogP) is 2.09. The van der Waals surface area contributed by atoms with Gasteiger partial charge in [-0.3, -0.25) is 4.79 Å². The Bertz CT molecular complexity index is 443. The third kappa shape index (κ3) is 3.34. The summed E-state index contributed by atoms with van der Waals surface area (Å²) in [5.41, 5.74) is 8.14. The van der Waals surface area contributed by atoms with E-state index in [1.165, 1.54) is 18.2 Å². The Morgan fingerprint density at radius 2 is 2.38 bits per heavy atom. The van der Waals surface area contributed by atoms with Crippen LogP contribution >= 0.6 is 11.6 Å². The number of amides is 1.